The number of amidine groups is 1. The Hall–Kier alpha value is -1.23. The van der Waals surface area contributed by atoms with Gasteiger partial charge in [0.1, 0.15) is 5.84 Å². The zero-order valence-electron chi connectivity index (χ0n) is 10.1. The third kappa shape index (κ3) is 3.93. The fraction of sp³-hybridized carbons (Fsp3) is 0.417. The molecule has 17 heavy (non-hydrogen) atoms. The molecule has 0 radical (unpaired) electrons. The number of anilines is 1. The first-order valence-electron chi connectivity index (χ1n) is 5.58. The van der Waals surface area contributed by atoms with Crippen molar-refractivity contribution in [3.8, 4) is 0 Å². The van der Waals surface area contributed by atoms with E-state index in [1.165, 1.54) is 5.56 Å². The lowest BCUT2D eigenvalue weighted by molar-refractivity contribution is 0.315. The fourth-order valence-corrected chi connectivity index (χ4v) is 1.90. The smallest absolute Gasteiger partial charge is 0.143 e. The maximum absolute atomic E-state index is 8.57. The Morgan fingerprint density at radius 3 is 2.88 bits per heavy atom. The SMILES string of the molecule is CCc1cc(Br)ccc1NCC(C)/C(N)=N/O. The summed E-state index contributed by atoms with van der Waals surface area (Å²) in [5.74, 6) is 0.237. The van der Waals surface area contributed by atoms with Gasteiger partial charge in [0.05, 0.1) is 0 Å². The van der Waals surface area contributed by atoms with Crippen molar-refractivity contribution in [2.45, 2.75) is 20.3 Å². The molecule has 0 heterocycles. The Morgan fingerprint density at radius 2 is 2.29 bits per heavy atom. The molecule has 4 N–H and O–H groups in total. The minimum Gasteiger partial charge on any atom is -0.409 e. The second kappa shape index (κ2) is 6.49. The van der Waals surface area contributed by atoms with Crippen molar-refractivity contribution in [2.24, 2.45) is 16.8 Å². The lowest BCUT2D eigenvalue weighted by Crippen LogP contribution is -2.27. The molecule has 4 nitrogen and oxygen atoms in total. The summed E-state index contributed by atoms with van der Waals surface area (Å²) in [5, 5.41) is 14.9. The van der Waals surface area contributed by atoms with Crippen molar-refractivity contribution in [1.29, 1.82) is 0 Å². The summed E-state index contributed by atoms with van der Waals surface area (Å²) >= 11 is 3.45. The van der Waals surface area contributed by atoms with Crippen molar-refractivity contribution in [3.63, 3.8) is 0 Å². The summed E-state index contributed by atoms with van der Waals surface area (Å²) < 4.78 is 1.07. The van der Waals surface area contributed by atoms with Crippen LogP contribution in [0.4, 0.5) is 5.69 Å². The van der Waals surface area contributed by atoms with Crippen LogP contribution in [0.5, 0.6) is 0 Å². The highest BCUT2D eigenvalue weighted by Gasteiger charge is 2.08. The number of hydrogen-bond donors (Lipinski definition) is 3. The molecule has 0 aliphatic carbocycles. The van der Waals surface area contributed by atoms with Gasteiger partial charge in [-0.1, -0.05) is 34.9 Å². The summed E-state index contributed by atoms with van der Waals surface area (Å²) in [6.45, 7) is 4.66. The van der Waals surface area contributed by atoms with Crippen molar-refractivity contribution >= 4 is 27.5 Å². The van der Waals surface area contributed by atoms with E-state index in [4.69, 9.17) is 10.9 Å². The van der Waals surface area contributed by atoms with Gasteiger partial charge in [0, 0.05) is 22.6 Å². The van der Waals surface area contributed by atoms with E-state index in [0.717, 1.165) is 16.6 Å². The number of nitrogens with one attached hydrogen (secondary N) is 1. The van der Waals surface area contributed by atoms with Crippen LogP contribution < -0.4 is 11.1 Å². The molecule has 1 atom stereocenters. The highest BCUT2D eigenvalue weighted by Crippen LogP contribution is 2.21. The van der Waals surface area contributed by atoms with Gasteiger partial charge in [-0.15, -0.1) is 0 Å². The lowest BCUT2D eigenvalue weighted by Gasteiger charge is -2.15. The average molecular weight is 300 g/mol. The minimum atomic E-state index is -0.00615. The number of nitrogens with zero attached hydrogens (tertiary/aromatic N) is 1. The van der Waals surface area contributed by atoms with Gasteiger partial charge in [0.2, 0.25) is 0 Å². The van der Waals surface area contributed by atoms with Crippen molar-refractivity contribution in [3.05, 3.63) is 28.2 Å². The molecule has 1 unspecified atom stereocenters. The van der Waals surface area contributed by atoms with E-state index in [1.54, 1.807) is 0 Å². The van der Waals surface area contributed by atoms with E-state index in [-0.39, 0.29) is 11.8 Å². The quantitative estimate of drug-likeness (QED) is 0.339. The van der Waals surface area contributed by atoms with Crippen LogP contribution in [0.2, 0.25) is 0 Å². The summed E-state index contributed by atoms with van der Waals surface area (Å²) in [4.78, 5) is 0. The van der Waals surface area contributed by atoms with E-state index < -0.39 is 0 Å². The first-order chi connectivity index (χ1) is 8.08. The number of aryl methyl sites for hydroxylation is 1. The lowest BCUT2D eigenvalue weighted by atomic mass is 10.1. The van der Waals surface area contributed by atoms with Crippen LogP contribution in [0.25, 0.3) is 0 Å². The Balaban J connectivity index is 2.69. The minimum absolute atomic E-state index is 0.00615. The van der Waals surface area contributed by atoms with Gasteiger partial charge in [0.25, 0.3) is 0 Å². The van der Waals surface area contributed by atoms with Crippen LogP contribution >= 0.6 is 15.9 Å². The van der Waals surface area contributed by atoms with E-state index in [2.05, 4.69) is 39.4 Å². The molecule has 0 spiro atoms. The molecule has 1 rings (SSSR count). The van der Waals surface area contributed by atoms with Crippen molar-refractivity contribution in [1.82, 2.24) is 0 Å². The van der Waals surface area contributed by atoms with E-state index >= 15 is 0 Å². The molecular weight excluding hydrogens is 282 g/mol. The normalized spacial score (nSPS) is 13.5. The van der Waals surface area contributed by atoms with Crippen LogP contribution in [0.15, 0.2) is 27.8 Å². The molecule has 0 saturated carbocycles. The highest BCUT2D eigenvalue weighted by molar-refractivity contribution is 9.10. The number of benzene rings is 1. The van der Waals surface area contributed by atoms with Crippen LogP contribution in [-0.4, -0.2) is 17.6 Å². The molecule has 0 aliphatic heterocycles. The topological polar surface area (TPSA) is 70.6 Å². The van der Waals surface area contributed by atoms with E-state index in [1.807, 2.05) is 19.1 Å². The monoisotopic (exact) mass is 299 g/mol. The third-order valence-corrected chi connectivity index (χ3v) is 3.16. The summed E-state index contributed by atoms with van der Waals surface area (Å²) in [6.07, 6.45) is 0.958. The maximum atomic E-state index is 8.57. The first kappa shape index (κ1) is 13.8. The largest absolute Gasteiger partial charge is 0.409 e. The maximum Gasteiger partial charge on any atom is 0.143 e. The molecular formula is C12H18BrN3O. The first-order valence-corrected chi connectivity index (χ1v) is 6.37. The summed E-state index contributed by atoms with van der Waals surface area (Å²) in [6, 6.07) is 6.12. The predicted octanol–water partition coefficient (Wildman–Crippen LogP) is 2.81. The van der Waals surface area contributed by atoms with Gasteiger partial charge >= 0.3 is 0 Å². The Morgan fingerprint density at radius 1 is 1.59 bits per heavy atom. The molecule has 94 valence electrons. The number of oxime groups is 1. The van der Waals surface area contributed by atoms with Crippen molar-refractivity contribution < 1.29 is 5.21 Å². The second-order valence-electron chi connectivity index (χ2n) is 3.96. The zero-order valence-corrected chi connectivity index (χ0v) is 11.7. The van der Waals surface area contributed by atoms with Crippen LogP contribution in [-0.2, 0) is 6.42 Å². The van der Waals surface area contributed by atoms with Gasteiger partial charge in [-0.2, -0.15) is 0 Å². The third-order valence-electron chi connectivity index (χ3n) is 2.67. The molecule has 0 aliphatic rings. The number of hydrogen-bond acceptors (Lipinski definition) is 3. The Kier molecular flexibility index (Phi) is 5.28. The molecule has 0 fully saturated rings. The second-order valence-corrected chi connectivity index (χ2v) is 4.88. The van der Waals surface area contributed by atoms with Gasteiger partial charge in [0.15, 0.2) is 0 Å². The highest BCUT2D eigenvalue weighted by atomic mass is 79.9. The van der Waals surface area contributed by atoms with Gasteiger partial charge in [-0.25, -0.2) is 0 Å². The van der Waals surface area contributed by atoms with Gasteiger partial charge < -0.3 is 16.3 Å². The van der Waals surface area contributed by atoms with Crippen LogP contribution in [0.1, 0.15) is 19.4 Å². The predicted molar refractivity (Wildman–Crippen MR) is 74.6 cm³/mol. The molecule has 1 aromatic carbocycles. The van der Waals surface area contributed by atoms with Crippen LogP contribution in [0, 0.1) is 5.92 Å². The summed E-state index contributed by atoms with van der Waals surface area (Å²) in [7, 11) is 0. The number of halogens is 1. The van der Waals surface area contributed by atoms with Gasteiger partial charge in [-0.05, 0) is 30.2 Å². The molecule has 0 amide bonds. The molecule has 0 bridgehead atoms. The summed E-state index contributed by atoms with van der Waals surface area (Å²) in [5.41, 5.74) is 7.86. The van der Waals surface area contributed by atoms with E-state index in [0.29, 0.717) is 6.54 Å². The molecule has 5 heteroatoms. The Labute approximate surface area is 110 Å². The van der Waals surface area contributed by atoms with Gasteiger partial charge in [-0.3, -0.25) is 0 Å². The van der Waals surface area contributed by atoms with E-state index in [9.17, 15) is 0 Å². The molecule has 1 aromatic rings. The Bertz CT molecular complexity index is 407. The fourth-order valence-electron chi connectivity index (χ4n) is 1.49. The number of rotatable bonds is 5. The average Bonchev–Trinajstić information content (AvgIpc) is 2.35. The zero-order chi connectivity index (χ0) is 12.8. The molecule has 0 saturated heterocycles. The number of nitrogens with two attached hydrogens (primary N) is 1. The standard InChI is InChI=1S/C12H18BrN3O/c1-3-9-6-10(13)4-5-11(9)15-7-8(2)12(14)16-17/h4-6,8,15,17H,3,7H2,1-2H3,(H2,14,16). The van der Waals surface area contributed by atoms with Crippen molar-refractivity contribution in [2.75, 3.05) is 11.9 Å². The van der Waals surface area contributed by atoms with Crippen LogP contribution in [0.3, 0.4) is 0 Å². The molecule has 0 aromatic heterocycles.